The zero-order valence-electron chi connectivity index (χ0n) is 8.55. The van der Waals surface area contributed by atoms with Crippen molar-refractivity contribution in [3.8, 4) is 0 Å². The number of alkyl halides is 2. The molecule has 0 saturated carbocycles. The minimum absolute atomic E-state index is 0.221. The van der Waals surface area contributed by atoms with Crippen LogP contribution < -0.4 is 0 Å². The van der Waals surface area contributed by atoms with Crippen molar-refractivity contribution in [3.05, 3.63) is 34.4 Å². The van der Waals surface area contributed by atoms with Crippen LogP contribution in [-0.4, -0.2) is 14.8 Å². The van der Waals surface area contributed by atoms with Gasteiger partial charge in [0.25, 0.3) is 0 Å². The molecule has 0 amide bonds. The number of rotatable bonds is 3. The van der Waals surface area contributed by atoms with Crippen LogP contribution in [-0.2, 0) is 6.42 Å². The second kappa shape index (κ2) is 5.12. The number of carbonyl (C=O) groups is 1. The first-order valence-corrected chi connectivity index (χ1v) is 6.36. The van der Waals surface area contributed by atoms with Crippen molar-refractivity contribution >= 4 is 37.8 Å². The summed E-state index contributed by atoms with van der Waals surface area (Å²) in [5, 5.41) is 8.94. The Balaban J connectivity index is 3.13. The molecule has 15 heavy (non-hydrogen) atoms. The van der Waals surface area contributed by atoms with Crippen molar-refractivity contribution in [1.82, 2.24) is 0 Å². The van der Waals surface area contributed by atoms with Crippen molar-refractivity contribution in [2.75, 3.05) is 0 Å². The number of carboxylic acids is 1. The Labute approximate surface area is 106 Å². The third-order valence-corrected chi connectivity index (χ3v) is 2.94. The molecular formula is C11H12Br2O2. The molecule has 1 rings (SSSR count). The average molecular weight is 336 g/mol. The third-order valence-electron chi connectivity index (χ3n) is 2.29. The summed E-state index contributed by atoms with van der Waals surface area (Å²) in [5.74, 6) is -0.864. The van der Waals surface area contributed by atoms with E-state index in [1.807, 2.05) is 19.9 Å². The monoisotopic (exact) mass is 334 g/mol. The summed E-state index contributed by atoms with van der Waals surface area (Å²) in [6, 6.07) is 3.67. The SMILES string of the molecule is Cc1cc(C(=O)O)c(C)cc1CC(Br)Br. The van der Waals surface area contributed by atoms with Crippen molar-refractivity contribution in [2.24, 2.45) is 0 Å². The minimum atomic E-state index is -0.864. The van der Waals surface area contributed by atoms with Crippen LogP contribution in [0.25, 0.3) is 0 Å². The van der Waals surface area contributed by atoms with E-state index in [1.54, 1.807) is 6.07 Å². The molecule has 0 unspecified atom stereocenters. The van der Waals surface area contributed by atoms with E-state index in [9.17, 15) is 4.79 Å². The maximum absolute atomic E-state index is 10.9. The fourth-order valence-corrected chi connectivity index (χ4v) is 2.19. The quantitative estimate of drug-likeness (QED) is 0.856. The number of hydrogen-bond acceptors (Lipinski definition) is 1. The molecule has 0 radical (unpaired) electrons. The van der Waals surface area contributed by atoms with Gasteiger partial charge in [-0.1, -0.05) is 37.9 Å². The van der Waals surface area contributed by atoms with Crippen molar-refractivity contribution in [3.63, 3.8) is 0 Å². The van der Waals surface area contributed by atoms with Crippen LogP contribution in [0.4, 0.5) is 0 Å². The predicted molar refractivity (Wildman–Crippen MR) is 68.2 cm³/mol. The molecule has 1 aromatic carbocycles. The number of benzene rings is 1. The van der Waals surface area contributed by atoms with Crippen LogP contribution in [0.5, 0.6) is 0 Å². The Kier molecular flexibility index (Phi) is 4.34. The molecule has 0 fully saturated rings. The molecule has 0 aliphatic rings. The van der Waals surface area contributed by atoms with Gasteiger partial charge in [0.05, 0.1) is 9.30 Å². The number of hydrogen-bond donors (Lipinski definition) is 1. The van der Waals surface area contributed by atoms with Gasteiger partial charge in [0, 0.05) is 0 Å². The molecule has 82 valence electrons. The number of aromatic carboxylic acids is 1. The predicted octanol–water partition coefficient (Wildman–Crippen LogP) is 3.66. The van der Waals surface area contributed by atoms with E-state index in [4.69, 9.17) is 5.11 Å². The molecule has 0 spiro atoms. The van der Waals surface area contributed by atoms with E-state index in [2.05, 4.69) is 31.9 Å². The zero-order valence-corrected chi connectivity index (χ0v) is 11.7. The van der Waals surface area contributed by atoms with E-state index in [0.29, 0.717) is 5.56 Å². The Bertz CT molecular complexity index is 386. The first-order valence-electron chi connectivity index (χ1n) is 4.53. The summed E-state index contributed by atoms with van der Waals surface area (Å²) in [6.07, 6.45) is 0.840. The summed E-state index contributed by atoms with van der Waals surface area (Å²) >= 11 is 6.84. The van der Waals surface area contributed by atoms with Gasteiger partial charge in [-0.25, -0.2) is 4.79 Å². The summed E-state index contributed by atoms with van der Waals surface area (Å²) in [4.78, 5) is 10.9. The molecule has 0 heterocycles. The van der Waals surface area contributed by atoms with Gasteiger partial charge in [-0.2, -0.15) is 0 Å². The van der Waals surface area contributed by atoms with Gasteiger partial charge in [0.15, 0.2) is 0 Å². The van der Waals surface area contributed by atoms with Crippen LogP contribution >= 0.6 is 31.9 Å². The van der Waals surface area contributed by atoms with Crippen molar-refractivity contribution in [2.45, 2.75) is 24.0 Å². The smallest absolute Gasteiger partial charge is 0.335 e. The van der Waals surface area contributed by atoms with Gasteiger partial charge in [0.1, 0.15) is 0 Å². The van der Waals surface area contributed by atoms with E-state index < -0.39 is 5.97 Å². The Morgan fingerprint density at radius 3 is 2.40 bits per heavy atom. The lowest BCUT2D eigenvalue weighted by molar-refractivity contribution is 0.0696. The molecule has 1 N–H and O–H groups in total. The Morgan fingerprint density at radius 1 is 1.33 bits per heavy atom. The lowest BCUT2D eigenvalue weighted by Gasteiger charge is -2.10. The average Bonchev–Trinajstić information content (AvgIpc) is 2.09. The van der Waals surface area contributed by atoms with Crippen LogP contribution in [0.1, 0.15) is 27.0 Å². The second-order valence-electron chi connectivity index (χ2n) is 3.49. The maximum atomic E-state index is 10.9. The number of aryl methyl sites for hydroxylation is 2. The second-order valence-corrected chi connectivity index (χ2v) is 6.93. The Morgan fingerprint density at radius 2 is 1.93 bits per heavy atom. The van der Waals surface area contributed by atoms with Crippen LogP contribution in [0.2, 0.25) is 0 Å². The summed E-state index contributed by atoms with van der Waals surface area (Å²) < 4.78 is 0.221. The molecule has 0 aromatic heterocycles. The summed E-state index contributed by atoms with van der Waals surface area (Å²) in [6.45, 7) is 3.76. The summed E-state index contributed by atoms with van der Waals surface area (Å²) in [7, 11) is 0. The lowest BCUT2D eigenvalue weighted by atomic mass is 9.98. The molecule has 4 heteroatoms. The van der Waals surface area contributed by atoms with Crippen LogP contribution in [0.15, 0.2) is 12.1 Å². The first-order chi connectivity index (χ1) is 6.91. The topological polar surface area (TPSA) is 37.3 Å². The summed E-state index contributed by atoms with van der Waals surface area (Å²) in [5.41, 5.74) is 3.37. The molecule has 0 aliphatic carbocycles. The number of halogens is 2. The first kappa shape index (κ1) is 12.7. The standard InChI is InChI=1S/C11H12Br2O2/c1-6-4-9(11(14)15)7(2)3-8(6)5-10(12)13/h3-4,10H,5H2,1-2H3,(H,14,15). The Hall–Kier alpha value is -0.350. The van der Waals surface area contributed by atoms with Gasteiger partial charge in [0.2, 0.25) is 0 Å². The van der Waals surface area contributed by atoms with Crippen LogP contribution in [0.3, 0.4) is 0 Å². The number of carboxylic acid groups (broad SMARTS) is 1. The molecule has 1 aromatic rings. The fraction of sp³-hybridized carbons (Fsp3) is 0.364. The lowest BCUT2D eigenvalue weighted by Crippen LogP contribution is -2.04. The highest BCUT2D eigenvalue weighted by atomic mass is 79.9. The highest BCUT2D eigenvalue weighted by Crippen LogP contribution is 2.21. The van der Waals surface area contributed by atoms with Crippen LogP contribution in [0, 0.1) is 13.8 Å². The van der Waals surface area contributed by atoms with Gasteiger partial charge < -0.3 is 5.11 Å². The molecule has 0 atom stereocenters. The largest absolute Gasteiger partial charge is 0.478 e. The van der Waals surface area contributed by atoms with E-state index in [-0.39, 0.29) is 3.74 Å². The van der Waals surface area contributed by atoms with Gasteiger partial charge in [-0.3, -0.25) is 0 Å². The van der Waals surface area contributed by atoms with Gasteiger partial charge >= 0.3 is 5.97 Å². The molecule has 0 saturated heterocycles. The van der Waals surface area contributed by atoms with Crippen molar-refractivity contribution < 1.29 is 9.90 Å². The normalized spacial score (nSPS) is 10.7. The van der Waals surface area contributed by atoms with E-state index in [0.717, 1.165) is 23.1 Å². The highest BCUT2D eigenvalue weighted by Gasteiger charge is 2.11. The molecular weight excluding hydrogens is 324 g/mol. The van der Waals surface area contributed by atoms with E-state index in [1.165, 1.54) is 0 Å². The highest BCUT2D eigenvalue weighted by molar-refractivity contribution is 9.24. The molecule has 0 aliphatic heterocycles. The zero-order chi connectivity index (χ0) is 11.6. The third kappa shape index (κ3) is 3.31. The van der Waals surface area contributed by atoms with Gasteiger partial charge in [-0.05, 0) is 43.0 Å². The maximum Gasteiger partial charge on any atom is 0.335 e. The van der Waals surface area contributed by atoms with Gasteiger partial charge in [-0.15, -0.1) is 0 Å². The molecule has 2 nitrogen and oxygen atoms in total. The van der Waals surface area contributed by atoms with E-state index >= 15 is 0 Å². The molecule has 0 bridgehead atoms. The fourth-order valence-electron chi connectivity index (χ4n) is 1.49. The minimum Gasteiger partial charge on any atom is -0.478 e. The van der Waals surface area contributed by atoms with Crippen molar-refractivity contribution in [1.29, 1.82) is 0 Å².